The number of sulfonamides is 1. The van der Waals surface area contributed by atoms with Crippen LogP contribution in [0, 0.1) is 4.77 Å². The zero-order chi connectivity index (χ0) is 20.3. The summed E-state index contributed by atoms with van der Waals surface area (Å²) in [6, 6.07) is 13.4. The molecule has 1 heterocycles. The Morgan fingerprint density at radius 2 is 1.86 bits per heavy atom. The fraction of sp³-hybridized carbons (Fsp3) is 0.167. The van der Waals surface area contributed by atoms with Crippen LogP contribution >= 0.6 is 12.2 Å². The molecular formula is C18H18N4O4S2. The fourth-order valence-electron chi connectivity index (χ4n) is 2.71. The van der Waals surface area contributed by atoms with Gasteiger partial charge in [0.25, 0.3) is 5.56 Å². The summed E-state index contributed by atoms with van der Waals surface area (Å²) in [5.41, 5.74) is 1.17. The second kappa shape index (κ2) is 7.95. The van der Waals surface area contributed by atoms with Gasteiger partial charge in [0.2, 0.25) is 15.9 Å². The number of carbonyl (C=O) groups is 1. The van der Waals surface area contributed by atoms with E-state index in [2.05, 4.69) is 15.0 Å². The Bertz CT molecular complexity index is 1260. The first kappa shape index (κ1) is 19.8. The van der Waals surface area contributed by atoms with Crippen LogP contribution in [0.2, 0.25) is 0 Å². The molecule has 3 rings (SSSR count). The van der Waals surface area contributed by atoms with Crippen LogP contribution in [-0.4, -0.2) is 30.1 Å². The predicted molar refractivity (Wildman–Crippen MR) is 112 cm³/mol. The van der Waals surface area contributed by atoms with Gasteiger partial charge in [0.1, 0.15) is 0 Å². The molecule has 146 valence electrons. The van der Waals surface area contributed by atoms with Crippen LogP contribution in [0.3, 0.4) is 0 Å². The van der Waals surface area contributed by atoms with E-state index in [-0.39, 0.29) is 29.2 Å². The minimum absolute atomic E-state index is 0.0272. The highest BCUT2D eigenvalue weighted by Crippen LogP contribution is 2.16. The van der Waals surface area contributed by atoms with Crippen molar-refractivity contribution in [2.75, 3.05) is 16.3 Å². The van der Waals surface area contributed by atoms with Crippen molar-refractivity contribution < 1.29 is 13.2 Å². The lowest BCUT2D eigenvalue weighted by atomic mass is 10.2. The maximum Gasteiger partial charge on any atom is 0.262 e. The Morgan fingerprint density at radius 3 is 2.61 bits per heavy atom. The van der Waals surface area contributed by atoms with E-state index in [1.807, 2.05) is 0 Å². The van der Waals surface area contributed by atoms with Gasteiger partial charge in [-0.3, -0.25) is 18.9 Å². The average Bonchev–Trinajstić information content (AvgIpc) is 2.60. The second-order valence-corrected chi connectivity index (χ2v) is 8.32. The van der Waals surface area contributed by atoms with Crippen LogP contribution in [0.4, 0.5) is 11.4 Å². The van der Waals surface area contributed by atoms with E-state index in [9.17, 15) is 18.0 Å². The van der Waals surface area contributed by atoms with Gasteiger partial charge in [-0.25, -0.2) is 8.42 Å². The maximum absolute atomic E-state index is 12.6. The lowest BCUT2D eigenvalue weighted by molar-refractivity contribution is -0.116. The standard InChI is InChI=1S/C18H18N4O4S2/c1-28(25,26)21-13-6-4-5-12(11-13)19-16(23)9-10-22-17(24)14-7-2-3-8-15(14)20-18(22)27/h2-8,11,21H,9-10H2,1H3,(H,19,23)(H,20,27). The van der Waals surface area contributed by atoms with Crippen LogP contribution in [0.25, 0.3) is 10.9 Å². The molecule has 3 aromatic rings. The van der Waals surface area contributed by atoms with Crippen molar-refractivity contribution in [3.05, 3.63) is 63.7 Å². The van der Waals surface area contributed by atoms with E-state index in [0.29, 0.717) is 22.3 Å². The zero-order valence-electron chi connectivity index (χ0n) is 14.9. The van der Waals surface area contributed by atoms with E-state index >= 15 is 0 Å². The molecule has 0 saturated heterocycles. The van der Waals surface area contributed by atoms with Crippen LogP contribution < -0.4 is 15.6 Å². The number of aromatic nitrogens is 2. The summed E-state index contributed by atoms with van der Waals surface area (Å²) in [7, 11) is -3.41. The first-order valence-electron chi connectivity index (χ1n) is 8.32. The van der Waals surface area contributed by atoms with Crippen molar-refractivity contribution in [1.82, 2.24) is 9.55 Å². The molecule has 2 aromatic carbocycles. The molecule has 0 atom stereocenters. The topological polar surface area (TPSA) is 113 Å². The van der Waals surface area contributed by atoms with Gasteiger partial charge in [0, 0.05) is 18.7 Å². The summed E-state index contributed by atoms with van der Waals surface area (Å²) < 4.78 is 26.5. The van der Waals surface area contributed by atoms with E-state index in [1.54, 1.807) is 42.5 Å². The Labute approximate surface area is 166 Å². The third kappa shape index (κ3) is 4.84. The first-order chi connectivity index (χ1) is 13.2. The van der Waals surface area contributed by atoms with Crippen molar-refractivity contribution in [1.29, 1.82) is 0 Å². The molecule has 1 amide bonds. The molecule has 1 aromatic heterocycles. The van der Waals surface area contributed by atoms with Gasteiger partial charge in [0.15, 0.2) is 4.77 Å². The van der Waals surface area contributed by atoms with Crippen molar-refractivity contribution in [3.63, 3.8) is 0 Å². The summed E-state index contributed by atoms with van der Waals surface area (Å²) in [5, 5.41) is 3.18. The Kier molecular flexibility index (Phi) is 5.61. The lowest BCUT2D eigenvalue weighted by Gasteiger charge is -2.10. The number of carbonyl (C=O) groups excluding carboxylic acids is 1. The van der Waals surface area contributed by atoms with Crippen molar-refractivity contribution in [2.45, 2.75) is 13.0 Å². The first-order valence-corrected chi connectivity index (χ1v) is 10.6. The molecule has 0 fully saturated rings. The number of nitrogens with one attached hydrogen (secondary N) is 3. The minimum atomic E-state index is -3.41. The lowest BCUT2D eigenvalue weighted by Crippen LogP contribution is -2.25. The van der Waals surface area contributed by atoms with Crippen LogP contribution in [0.1, 0.15) is 6.42 Å². The Balaban J connectivity index is 1.72. The molecule has 0 aliphatic carbocycles. The van der Waals surface area contributed by atoms with Gasteiger partial charge in [-0.1, -0.05) is 18.2 Å². The third-order valence-corrected chi connectivity index (χ3v) is 4.83. The zero-order valence-corrected chi connectivity index (χ0v) is 16.6. The number of H-pyrrole nitrogens is 1. The maximum atomic E-state index is 12.6. The van der Waals surface area contributed by atoms with Gasteiger partial charge in [-0.15, -0.1) is 0 Å². The summed E-state index contributed by atoms with van der Waals surface area (Å²) in [5.74, 6) is -0.328. The molecule has 0 unspecified atom stereocenters. The molecule has 28 heavy (non-hydrogen) atoms. The van der Waals surface area contributed by atoms with Gasteiger partial charge in [-0.2, -0.15) is 0 Å². The highest BCUT2D eigenvalue weighted by Gasteiger charge is 2.09. The summed E-state index contributed by atoms with van der Waals surface area (Å²) in [4.78, 5) is 27.8. The molecule has 0 bridgehead atoms. The van der Waals surface area contributed by atoms with Gasteiger partial charge in [-0.05, 0) is 42.5 Å². The van der Waals surface area contributed by atoms with Gasteiger partial charge >= 0.3 is 0 Å². The molecular weight excluding hydrogens is 400 g/mol. The van der Waals surface area contributed by atoms with Gasteiger partial charge < -0.3 is 10.3 Å². The van der Waals surface area contributed by atoms with Gasteiger partial charge in [0.05, 0.1) is 22.8 Å². The molecule has 0 radical (unpaired) electrons. The molecule has 0 aliphatic heterocycles. The molecule has 0 aliphatic rings. The minimum Gasteiger partial charge on any atom is -0.332 e. The van der Waals surface area contributed by atoms with E-state index in [4.69, 9.17) is 12.2 Å². The van der Waals surface area contributed by atoms with Crippen LogP contribution in [-0.2, 0) is 21.4 Å². The fourth-order valence-corrected chi connectivity index (χ4v) is 3.55. The number of nitrogens with zero attached hydrogens (tertiary/aromatic N) is 1. The van der Waals surface area contributed by atoms with Crippen molar-refractivity contribution in [2.24, 2.45) is 0 Å². The summed E-state index contributed by atoms with van der Waals surface area (Å²) in [6.07, 6.45) is 1.07. The number of para-hydroxylation sites is 1. The smallest absolute Gasteiger partial charge is 0.262 e. The van der Waals surface area contributed by atoms with Crippen LogP contribution in [0.5, 0.6) is 0 Å². The third-order valence-electron chi connectivity index (χ3n) is 3.90. The normalized spacial score (nSPS) is 11.3. The molecule has 0 spiro atoms. The monoisotopic (exact) mass is 418 g/mol. The summed E-state index contributed by atoms with van der Waals surface area (Å²) >= 11 is 5.23. The number of aromatic amines is 1. The SMILES string of the molecule is CS(=O)(=O)Nc1cccc(NC(=O)CCn2c(=S)[nH]c3ccccc3c2=O)c1. The average molecular weight is 419 g/mol. The largest absolute Gasteiger partial charge is 0.332 e. The van der Waals surface area contributed by atoms with Crippen molar-refractivity contribution in [3.8, 4) is 0 Å². The van der Waals surface area contributed by atoms with E-state index < -0.39 is 10.0 Å². The number of anilines is 2. The highest BCUT2D eigenvalue weighted by molar-refractivity contribution is 7.92. The van der Waals surface area contributed by atoms with E-state index in [1.165, 1.54) is 10.6 Å². The number of hydrogen-bond acceptors (Lipinski definition) is 5. The Morgan fingerprint density at radius 1 is 1.14 bits per heavy atom. The number of rotatable bonds is 6. The quantitative estimate of drug-likeness (QED) is 0.532. The molecule has 8 nitrogen and oxygen atoms in total. The Hall–Kier alpha value is -2.98. The van der Waals surface area contributed by atoms with Crippen LogP contribution in [0.15, 0.2) is 53.3 Å². The number of hydrogen-bond donors (Lipinski definition) is 3. The highest BCUT2D eigenvalue weighted by atomic mass is 32.2. The molecule has 0 saturated carbocycles. The number of amides is 1. The van der Waals surface area contributed by atoms with E-state index in [0.717, 1.165) is 6.26 Å². The number of fused-ring (bicyclic) bond motifs is 1. The molecule has 10 heteroatoms. The molecule has 3 N–H and O–H groups in total. The predicted octanol–water partition coefficient (Wildman–Crippen LogP) is 2.46. The van der Waals surface area contributed by atoms with Crippen molar-refractivity contribution >= 4 is 50.4 Å². The second-order valence-electron chi connectivity index (χ2n) is 6.19. The number of benzene rings is 2. The summed E-state index contributed by atoms with van der Waals surface area (Å²) in [6.45, 7) is 0.117.